The molecule has 3 atom stereocenters. The van der Waals surface area contributed by atoms with Gasteiger partial charge in [0.2, 0.25) is 0 Å². The van der Waals surface area contributed by atoms with Crippen LogP contribution in [0.25, 0.3) is 0 Å². The van der Waals surface area contributed by atoms with Gasteiger partial charge in [0, 0.05) is 19.6 Å². The van der Waals surface area contributed by atoms with Crippen LogP contribution in [0.4, 0.5) is 0 Å². The third-order valence-corrected chi connectivity index (χ3v) is 2.97. The molecule has 15 heavy (non-hydrogen) atoms. The normalized spacial score (nSPS) is 31.3. The SMILES string of the molecule is [B]C1CC(CCC)C(CON(C)CC)O1. The summed E-state index contributed by atoms with van der Waals surface area (Å²) in [7, 11) is 7.73. The molecule has 0 bridgehead atoms. The fourth-order valence-corrected chi connectivity index (χ4v) is 1.98. The maximum Gasteiger partial charge on any atom is 0.109 e. The second-order valence-electron chi connectivity index (χ2n) is 4.24. The maximum absolute atomic E-state index is 5.79. The molecule has 86 valence electrons. The van der Waals surface area contributed by atoms with Crippen LogP contribution >= 0.6 is 0 Å². The van der Waals surface area contributed by atoms with Crippen molar-refractivity contribution in [2.75, 3.05) is 20.2 Å². The Bertz CT molecular complexity index is 180. The van der Waals surface area contributed by atoms with Crippen molar-refractivity contribution in [2.24, 2.45) is 5.92 Å². The van der Waals surface area contributed by atoms with Gasteiger partial charge in [-0.3, -0.25) is 4.84 Å². The number of hydroxylamine groups is 2. The van der Waals surface area contributed by atoms with E-state index in [9.17, 15) is 0 Å². The van der Waals surface area contributed by atoms with Crippen LogP contribution < -0.4 is 0 Å². The molecule has 0 saturated carbocycles. The molecule has 0 aliphatic carbocycles. The zero-order valence-electron chi connectivity index (χ0n) is 10.1. The van der Waals surface area contributed by atoms with Crippen LogP contribution in [-0.2, 0) is 9.57 Å². The number of rotatable bonds is 6. The topological polar surface area (TPSA) is 21.7 Å². The predicted octanol–water partition coefficient (Wildman–Crippen LogP) is 1.57. The van der Waals surface area contributed by atoms with Gasteiger partial charge in [0.25, 0.3) is 0 Å². The molecule has 0 amide bonds. The summed E-state index contributed by atoms with van der Waals surface area (Å²) in [4.78, 5) is 5.55. The Morgan fingerprint density at radius 3 is 2.80 bits per heavy atom. The smallest absolute Gasteiger partial charge is 0.109 e. The van der Waals surface area contributed by atoms with E-state index in [1.54, 1.807) is 0 Å². The summed E-state index contributed by atoms with van der Waals surface area (Å²) in [6.45, 7) is 5.77. The molecule has 4 heteroatoms. The number of nitrogens with zero attached hydrogens (tertiary/aromatic N) is 1. The fraction of sp³-hybridized carbons (Fsp3) is 1.00. The standard InChI is InChI=1S/C11H22BNO2/c1-4-6-9-7-11(12)15-10(9)8-14-13(3)5-2/h9-11H,4-8H2,1-3H3. The van der Waals surface area contributed by atoms with Gasteiger partial charge in [0.15, 0.2) is 0 Å². The quantitative estimate of drug-likeness (QED) is 0.491. The highest BCUT2D eigenvalue weighted by Crippen LogP contribution is 2.29. The third kappa shape index (κ3) is 4.13. The van der Waals surface area contributed by atoms with Crippen LogP contribution in [0.1, 0.15) is 33.1 Å². The average Bonchev–Trinajstić information content (AvgIpc) is 2.56. The van der Waals surface area contributed by atoms with Crippen LogP contribution in [0, 0.1) is 5.92 Å². The van der Waals surface area contributed by atoms with E-state index < -0.39 is 0 Å². The van der Waals surface area contributed by atoms with E-state index in [1.165, 1.54) is 12.8 Å². The van der Waals surface area contributed by atoms with Gasteiger partial charge in [0.05, 0.1) is 12.7 Å². The lowest BCUT2D eigenvalue weighted by Crippen LogP contribution is -2.29. The van der Waals surface area contributed by atoms with Crippen molar-refractivity contribution in [2.45, 2.75) is 45.2 Å². The van der Waals surface area contributed by atoms with Crippen molar-refractivity contribution in [1.29, 1.82) is 0 Å². The molecule has 0 aromatic heterocycles. The molecule has 1 rings (SSSR count). The maximum atomic E-state index is 5.79. The minimum absolute atomic E-state index is 0.0953. The fourth-order valence-electron chi connectivity index (χ4n) is 1.98. The van der Waals surface area contributed by atoms with E-state index in [1.807, 2.05) is 12.1 Å². The third-order valence-electron chi connectivity index (χ3n) is 2.97. The molecule has 1 saturated heterocycles. The largest absolute Gasteiger partial charge is 0.382 e. The number of ether oxygens (including phenoxy) is 1. The molecule has 1 aliphatic heterocycles. The zero-order valence-corrected chi connectivity index (χ0v) is 10.1. The van der Waals surface area contributed by atoms with Crippen LogP contribution in [0.15, 0.2) is 0 Å². The van der Waals surface area contributed by atoms with Crippen molar-refractivity contribution in [3.05, 3.63) is 0 Å². The molecule has 1 aliphatic rings. The van der Waals surface area contributed by atoms with Crippen molar-refractivity contribution in [1.82, 2.24) is 5.06 Å². The second-order valence-corrected chi connectivity index (χ2v) is 4.24. The van der Waals surface area contributed by atoms with E-state index in [0.29, 0.717) is 12.5 Å². The minimum atomic E-state index is -0.0953. The molecule has 0 N–H and O–H groups in total. The first kappa shape index (κ1) is 13.0. The van der Waals surface area contributed by atoms with Crippen molar-refractivity contribution < 1.29 is 9.57 Å². The Hall–Kier alpha value is -0.0551. The Labute approximate surface area is 94.5 Å². The highest BCUT2D eigenvalue weighted by atomic mass is 16.7. The summed E-state index contributed by atoms with van der Waals surface area (Å²) in [6, 6.07) is -0.0953. The van der Waals surface area contributed by atoms with E-state index in [0.717, 1.165) is 13.0 Å². The summed E-state index contributed by atoms with van der Waals surface area (Å²) in [5.74, 6) is 0.565. The van der Waals surface area contributed by atoms with Crippen molar-refractivity contribution >= 4 is 7.85 Å². The monoisotopic (exact) mass is 211 g/mol. The number of hydrogen-bond acceptors (Lipinski definition) is 3. The van der Waals surface area contributed by atoms with Crippen molar-refractivity contribution in [3.8, 4) is 0 Å². The molecule has 1 heterocycles. The molecule has 3 unspecified atom stereocenters. The van der Waals surface area contributed by atoms with Gasteiger partial charge in [-0.05, 0) is 18.8 Å². The van der Waals surface area contributed by atoms with Gasteiger partial charge < -0.3 is 4.74 Å². The van der Waals surface area contributed by atoms with Gasteiger partial charge in [-0.25, -0.2) is 0 Å². The molecule has 2 radical (unpaired) electrons. The molecule has 3 nitrogen and oxygen atoms in total. The van der Waals surface area contributed by atoms with Crippen molar-refractivity contribution in [3.63, 3.8) is 0 Å². The first-order chi connectivity index (χ1) is 7.17. The summed E-state index contributed by atoms with van der Waals surface area (Å²) in [6.07, 6.45) is 3.50. The van der Waals surface area contributed by atoms with E-state index in [2.05, 4.69) is 13.8 Å². The van der Waals surface area contributed by atoms with Gasteiger partial charge >= 0.3 is 0 Å². The molecule has 0 spiro atoms. The first-order valence-electron chi connectivity index (χ1n) is 5.92. The number of hydrogen-bond donors (Lipinski definition) is 0. The summed E-state index contributed by atoms with van der Waals surface area (Å²) in [5, 5.41) is 1.83. The molecular weight excluding hydrogens is 189 g/mol. The highest BCUT2D eigenvalue weighted by Gasteiger charge is 2.32. The zero-order chi connectivity index (χ0) is 11.3. The second kappa shape index (κ2) is 6.51. The lowest BCUT2D eigenvalue weighted by Gasteiger charge is -2.21. The Balaban J connectivity index is 2.31. The van der Waals surface area contributed by atoms with Gasteiger partial charge in [-0.2, -0.15) is 5.06 Å². The molecule has 0 aromatic rings. The Morgan fingerprint density at radius 1 is 1.47 bits per heavy atom. The first-order valence-corrected chi connectivity index (χ1v) is 5.92. The molecular formula is C11H22BNO2. The van der Waals surface area contributed by atoms with E-state index in [-0.39, 0.29) is 12.1 Å². The average molecular weight is 211 g/mol. The lowest BCUT2D eigenvalue weighted by atomic mass is 9.88. The van der Waals surface area contributed by atoms with Crippen LogP contribution in [0.5, 0.6) is 0 Å². The van der Waals surface area contributed by atoms with Crippen LogP contribution in [-0.4, -0.2) is 45.2 Å². The molecule has 1 fully saturated rings. The predicted molar refractivity (Wildman–Crippen MR) is 61.7 cm³/mol. The van der Waals surface area contributed by atoms with E-state index in [4.69, 9.17) is 17.4 Å². The van der Waals surface area contributed by atoms with Crippen LogP contribution in [0.3, 0.4) is 0 Å². The van der Waals surface area contributed by atoms with Crippen LogP contribution in [0.2, 0.25) is 0 Å². The summed E-state index contributed by atoms with van der Waals surface area (Å²) >= 11 is 0. The Morgan fingerprint density at radius 2 is 2.20 bits per heavy atom. The highest BCUT2D eigenvalue weighted by molar-refractivity contribution is 6.11. The minimum Gasteiger partial charge on any atom is -0.382 e. The summed E-state index contributed by atoms with van der Waals surface area (Å²) < 4.78 is 5.65. The Kier molecular flexibility index (Phi) is 5.65. The molecule has 0 aromatic carbocycles. The van der Waals surface area contributed by atoms with E-state index >= 15 is 0 Å². The van der Waals surface area contributed by atoms with Gasteiger partial charge in [0.1, 0.15) is 7.85 Å². The summed E-state index contributed by atoms with van der Waals surface area (Å²) in [5.41, 5.74) is 0. The van der Waals surface area contributed by atoms with Gasteiger partial charge in [-0.1, -0.05) is 20.3 Å². The van der Waals surface area contributed by atoms with Gasteiger partial charge in [-0.15, -0.1) is 0 Å². The lowest BCUT2D eigenvalue weighted by molar-refractivity contribution is -0.166.